The summed E-state index contributed by atoms with van der Waals surface area (Å²) in [6.45, 7) is 5.29. The average molecular weight is 501 g/mol. The maximum Gasteiger partial charge on any atom is 0.435 e. The predicted molar refractivity (Wildman–Crippen MR) is 121 cm³/mol. The molecule has 1 amide bonds. The van der Waals surface area contributed by atoms with Crippen molar-refractivity contribution >= 4 is 17.5 Å². The summed E-state index contributed by atoms with van der Waals surface area (Å²) < 4.78 is 56.6. The van der Waals surface area contributed by atoms with E-state index in [4.69, 9.17) is 11.6 Å². The molecule has 0 N–H and O–H groups in total. The number of aromatic nitrogens is 2. The van der Waals surface area contributed by atoms with Crippen LogP contribution in [0.3, 0.4) is 0 Å². The van der Waals surface area contributed by atoms with E-state index in [0.717, 1.165) is 25.5 Å². The van der Waals surface area contributed by atoms with Gasteiger partial charge in [-0.05, 0) is 64.8 Å². The highest BCUT2D eigenvalue weighted by atomic mass is 35.5. The summed E-state index contributed by atoms with van der Waals surface area (Å²) in [7, 11) is 2.08. The molecule has 0 bridgehead atoms. The summed E-state index contributed by atoms with van der Waals surface area (Å²) in [5.74, 6) is -0.437. The molecule has 5 nitrogen and oxygen atoms in total. The van der Waals surface area contributed by atoms with Gasteiger partial charge in [-0.1, -0.05) is 17.7 Å². The zero-order chi connectivity index (χ0) is 24.8. The number of halogens is 5. The minimum Gasteiger partial charge on any atom is -0.336 e. The van der Waals surface area contributed by atoms with E-state index in [1.165, 1.54) is 16.8 Å². The molecular formula is C24H29ClF4N4O. The van der Waals surface area contributed by atoms with Gasteiger partial charge in [-0.25, -0.2) is 4.39 Å². The van der Waals surface area contributed by atoms with Crippen LogP contribution >= 0.6 is 11.6 Å². The molecule has 1 unspecified atom stereocenters. The fourth-order valence-electron chi connectivity index (χ4n) is 5.06. The first-order valence-electron chi connectivity index (χ1n) is 11.4. The lowest BCUT2D eigenvalue weighted by molar-refractivity contribution is -0.142. The summed E-state index contributed by atoms with van der Waals surface area (Å²) in [5.41, 5.74) is -0.376. The van der Waals surface area contributed by atoms with Crippen molar-refractivity contribution in [1.82, 2.24) is 19.6 Å². The molecule has 1 fully saturated rings. The van der Waals surface area contributed by atoms with E-state index >= 15 is 0 Å². The van der Waals surface area contributed by atoms with Crippen molar-refractivity contribution in [2.45, 2.75) is 64.3 Å². The molecule has 0 spiro atoms. The number of carbonyl (C=O) groups excluding carboxylic acids is 1. The molecule has 2 aliphatic heterocycles. The standard InChI is InChI=1S/C24H29ClF4N4O/c1-23(2)12-15(6-8-31(23)3)10-21(34)32-9-7-18-20(14-32)33(30-22(18)24(27,28)29)13-16-4-5-17(25)11-19(16)26/h4-5,11,15H,6-10,12-14H2,1-3H3. The van der Waals surface area contributed by atoms with Crippen LogP contribution in [-0.4, -0.2) is 51.2 Å². The number of likely N-dealkylation sites (tertiary alicyclic amines) is 1. The number of carbonyl (C=O) groups is 1. The smallest absolute Gasteiger partial charge is 0.336 e. The average Bonchev–Trinajstić information content (AvgIpc) is 3.11. The van der Waals surface area contributed by atoms with E-state index in [0.29, 0.717) is 12.1 Å². The van der Waals surface area contributed by atoms with Gasteiger partial charge in [0.2, 0.25) is 5.91 Å². The first-order valence-corrected chi connectivity index (χ1v) is 11.8. The van der Waals surface area contributed by atoms with Gasteiger partial charge >= 0.3 is 6.18 Å². The molecule has 1 aromatic carbocycles. The first-order chi connectivity index (χ1) is 15.8. The van der Waals surface area contributed by atoms with Crippen LogP contribution in [-0.2, 0) is 30.5 Å². The van der Waals surface area contributed by atoms with E-state index in [2.05, 4.69) is 30.9 Å². The Bertz CT molecular complexity index is 1080. The summed E-state index contributed by atoms with van der Waals surface area (Å²) in [6, 6.07) is 4.04. The van der Waals surface area contributed by atoms with Gasteiger partial charge in [0.1, 0.15) is 5.82 Å². The van der Waals surface area contributed by atoms with Crippen molar-refractivity contribution in [3.63, 3.8) is 0 Å². The van der Waals surface area contributed by atoms with Gasteiger partial charge in [0.15, 0.2) is 5.69 Å². The molecule has 1 atom stereocenters. The molecule has 34 heavy (non-hydrogen) atoms. The quantitative estimate of drug-likeness (QED) is 0.546. The van der Waals surface area contributed by atoms with Gasteiger partial charge in [-0.15, -0.1) is 0 Å². The highest BCUT2D eigenvalue weighted by molar-refractivity contribution is 6.30. The zero-order valence-corrected chi connectivity index (χ0v) is 20.3. The van der Waals surface area contributed by atoms with Crippen molar-refractivity contribution in [1.29, 1.82) is 0 Å². The Balaban J connectivity index is 1.56. The molecular weight excluding hydrogens is 472 g/mol. The monoisotopic (exact) mass is 500 g/mol. The number of piperidine rings is 1. The van der Waals surface area contributed by atoms with E-state index < -0.39 is 17.7 Å². The third-order valence-corrected chi connectivity index (χ3v) is 7.49. The van der Waals surface area contributed by atoms with Crippen LogP contribution in [0.4, 0.5) is 17.6 Å². The van der Waals surface area contributed by atoms with E-state index in [-0.39, 0.29) is 59.6 Å². The molecule has 4 rings (SSSR count). The summed E-state index contributed by atoms with van der Waals surface area (Å²) in [4.78, 5) is 17.0. The Morgan fingerprint density at radius 2 is 2.00 bits per heavy atom. The Kier molecular flexibility index (Phi) is 6.72. The van der Waals surface area contributed by atoms with Gasteiger partial charge in [-0.3, -0.25) is 9.48 Å². The van der Waals surface area contributed by atoms with Crippen molar-refractivity contribution in [2.75, 3.05) is 20.1 Å². The number of fused-ring (bicyclic) bond motifs is 1. The summed E-state index contributed by atoms with van der Waals surface area (Å²) in [6.07, 6.45) is -2.38. The SMILES string of the molecule is CN1CCC(CC(=O)N2CCc3c(C(F)(F)F)nn(Cc4ccc(Cl)cc4F)c3C2)CC1(C)C. The summed E-state index contributed by atoms with van der Waals surface area (Å²) in [5, 5.41) is 4.01. The number of nitrogens with zero attached hydrogens (tertiary/aromatic N) is 4. The molecule has 186 valence electrons. The lowest BCUT2D eigenvalue weighted by atomic mass is 9.81. The van der Waals surface area contributed by atoms with Crippen molar-refractivity contribution < 1.29 is 22.4 Å². The molecule has 0 radical (unpaired) electrons. The van der Waals surface area contributed by atoms with Gasteiger partial charge in [0.25, 0.3) is 0 Å². The molecule has 3 heterocycles. The van der Waals surface area contributed by atoms with E-state index in [1.54, 1.807) is 4.90 Å². The van der Waals surface area contributed by atoms with E-state index in [9.17, 15) is 22.4 Å². The zero-order valence-electron chi connectivity index (χ0n) is 19.6. The number of hydrogen-bond acceptors (Lipinski definition) is 3. The van der Waals surface area contributed by atoms with Gasteiger partial charge < -0.3 is 9.80 Å². The first kappa shape index (κ1) is 25.0. The Morgan fingerprint density at radius 3 is 2.65 bits per heavy atom. The number of benzene rings is 1. The van der Waals surface area contributed by atoms with Crippen LogP contribution in [0.25, 0.3) is 0 Å². The Hall–Kier alpha value is -2.13. The lowest BCUT2D eigenvalue weighted by Crippen LogP contribution is -2.48. The molecule has 2 aromatic rings. The van der Waals surface area contributed by atoms with Crippen molar-refractivity contribution in [3.05, 3.63) is 51.6 Å². The fourth-order valence-corrected chi connectivity index (χ4v) is 5.22. The largest absolute Gasteiger partial charge is 0.435 e. The Labute approximate surface area is 201 Å². The molecule has 2 aliphatic rings. The minimum absolute atomic E-state index is 0.00114. The highest BCUT2D eigenvalue weighted by Gasteiger charge is 2.41. The van der Waals surface area contributed by atoms with Gasteiger partial charge in [0, 0.05) is 34.7 Å². The van der Waals surface area contributed by atoms with Crippen LogP contribution < -0.4 is 0 Å². The van der Waals surface area contributed by atoms with Crippen LogP contribution in [0, 0.1) is 11.7 Å². The minimum atomic E-state index is -4.63. The van der Waals surface area contributed by atoms with Crippen LogP contribution in [0.5, 0.6) is 0 Å². The van der Waals surface area contributed by atoms with Crippen LogP contribution in [0.1, 0.15) is 55.6 Å². The van der Waals surface area contributed by atoms with Crippen LogP contribution in [0.2, 0.25) is 5.02 Å². The number of alkyl halides is 3. The third-order valence-electron chi connectivity index (χ3n) is 7.25. The van der Waals surface area contributed by atoms with Crippen molar-refractivity contribution in [2.24, 2.45) is 5.92 Å². The van der Waals surface area contributed by atoms with Gasteiger partial charge in [-0.2, -0.15) is 18.3 Å². The van der Waals surface area contributed by atoms with Crippen LogP contribution in [0.15, 0.2) is 18.2 Å². The number of amides is 1. The van der Waals surface area contributed by atoms with E-state index in [1.807, 2.05) is 0 Å². The fraction of sp³-hybridized carbons (Fsp3) is 0.583. The summed E-state index contributed by atoms with van der Waals surface area (Å²) >= 11 is 5.80. The third kappa shape index (κ3) is 5.10. The lowest BCUT2D eigenvalue weighted by Gasteiger charge is -2.44. The Morgan fingerprint density at radius 1 is 1.26 bits per heavy atom. The second-order valence-electron chi connectivity index (χ2n) is 10.0. The predicted octanol–water partition coefficient (Wildman–Crippen LogP) is 5.14. The second kappa shape index (κ2) is 9.15. The maximum atomic E-state index is 14.3. The highest BCUT2D eigenvalue weighted by Crippen LogP contribution is 2.37. The number of rotatable bonds is 4. The molecule has 0 aliphatic carbocycles. The van der Waals surface area contributed by atoms with Gasteiger partial charge in [0.05, 0.1) is 18.8 Å². The maximum absolute atomic E-state index is 14.3. The topological polar surface area (TPSA) is 41.4 Å². The normalized spacial score (nSPS) is 20.9. The second-order valence-corrected chi connectivity index (χ2v) is 10.5. The van der Waals surface area contributed by atoms with Crippen molar-refractivity contribution in [3.8, 4) is 0 Å². The molecule has 10 heteroatoms. The number of hydrogen-bond donors (Lipinski definition) is 0. The molecule has 1 saturated heterocycles. The molecule has 0 saturated carbocycles. The molecule has 1 aromatic heterocycles.